The molecule has 2 atom stereocenters. The number of nitrogens with two attached hydrogens (primary N) is 1. The lowest BCUT2D eigenvalue weighted by Gasteiger charge is -2.33. The first-order valence-corrected chi connectivity index (χ1v) is 10.8. The van der Waals surface area contributed by atoms with Gasteiger partial charge in [-0.3, -0.25) is 9.80 Å². The van der Waals surface area contributed by atoms with E-state index in [0.29, 0.717) is 23.6 Å². The molecular weight excluding hydrogens is 400 g/mol. The van der Waals surface area contributed by atoms with Gasteiger partial charge in [-0.05, 0) is 43.5 Å². The number of hydrogen-bond acceptors (Lipinski definition) is 5. The Morgan fingerprint density at radius 2 is 1.81 bits per heavy atom. The third-order valence-corrected chi connectivity index (χ3v) is 5.60. The van der Waals surface area contributed by atoms with Crippen molar-refractivity contribution in [2.24, 2.45) is 10.7 Å². The number of nitrogens with zero attached hydrogens (tertiary/aromatic N) is 2. The highest BCUT2D eigenvalue weighted by Gasteiger charge is 2.35. The summed E-state index contributed by atoms with van der Waals surface area (Å²) < 4.78 is 0. The molecule has 1 aliphatic heterocycles. The molecule has 1 fully saturated rings. The summed E-state index contributed by atoms with van der Waals surface area (Å²) in [7, 11) is 1.73. The summed E-state index contributed by atoms with van der Waals surface area (Å²) in [6, 6.07) is 19.5. The summed E-state index contributed by atoms with van der Waals surface area (Å²) in [5, 5.41) is 8.33. The van der Waals surface area contributed by atoms with Crippen molar-refractivity contribution in [3.63, 3.8) is 0 Å². The molecule has 2 aliphatic rings. The fourth-order valence-corrected chi connectivity index (χ4v) is 4.00. The maximum Gasteiger partial charge on any atom is 0.275 e. The second-order valence-corrected chi connectivity index (χ2v) is 7.89. The van der Waals surface area contributed by atoms with E-state index >= 15 is 0 Å². The Morgan fingerprint density at radius 3 is 2.56 bits per heavy atom. The van der Waals surface area contributed by atoms with Crippen LogP contribution in [0.25, 0.3) is 0 Å². The third kappa shape index (κ3) is 5.10. The first-order chi connectivity index (χ1) is 15.6. The van der Waals surface area contributed by atoms with E-state index < -0.39 is 0 Å². The van der Waals surface area contributed by atoms with Gasteiger partial charge in [0, 0.05) is 24.7 Å². The molecule has 0 radical (unpaired) electrons. The molecule has 5 N–H and O–H groups in total. The van der Waals surface area contributed by atoms with E-state index in [-0.39, 0.29) is 23.8 Å². The highest BCUT2D eigenvalue weighted by atomic mass is 16.2. The van der Waals surface area contributed by atoms with Gasteiger partial charge in [0.1, 0.15) is 17.2 Å². The summed E-state index contributed by atoms with van der Waals surface area (Å²) in [6.07, 6.45) is 3.09. The van der Waals surface area contributed by atoms with E-state index in [1.165, 1.54) is 5.01 Å². The van der Waals surface area contributed by atoms with E-state index in [2.05, 4.69) is 32.9 Å². The Bertz CT molecular complexity index is 1070. The number of rotatable bonds is 4. The fraction of sp³-hybridized carbons (Fsp3) is 0.280. The van der Waals surface area contributed by atoms with Gasteiger partial charge in [-0.1, -0.05) is 48.2 Å². The Hall–Kier alpha value is -3.76. The predicted molar refractivity (Wildman–Crippen MR) is 127 cm³/mol. The van der Waals surface area contributed by atoms with Gasteiger partial charge in [0.25, 0.3) is 5.91 Å². The van der Waals surface area contributed by atoms with Crippen LogP contribution in [0.2, 0.25) is 0 Å². The molecule has 32 heavy (non-hydrogen) atoms. The van der Waals surface area contributed by atoms with E-state index in [1.54, 1.807) is 7.05 Å². The molecule has 7 heteroatoms. The highest BCUT2D eigenvalue weighted by molar-refractivity contribution is 6.21. The first-order valence-electron chi connectivity index (χ1n) is 10.8. The largest absolute Gasteiger partial charge is 0.383 e. The van der Waals surface area contributed by atoms with Crippen LogP contribution in [0.15, 0.2) is 77.1 Å². The third-order valence-electron chi connectivity index (χ3n) is 5.60. The molecule has 0 spiro atoms. The summed E-state index contributed by atoms with van der Waals surface area (Å²) in [5.74, 6) is 6.72. The maximum absolute atomic E-state index is 13.3. The number of nitrogens with one attached hydrogen (secondary N) is 3. The smallest absolute Gasteiger partial charge is 0.275 e. The molecule has 2 aromatic rings. The number of carbonyl (C=O) groups is 1. The summed E-state index contributed by atoms with van der Waals surface area (Å²) in [6.45, 7) is 0.362. The zero-order valence-electron chi connectivity index (χ0n) is 18.1. The molecule has 0 saturated heterocycles. The molecule has 0 aromatic heterocycles. The van der Waals surface area contributed by atoms with Crippen molar-refractivity contribution in [2.75, 3.05) is 13.6 Å². The SMILES string of the molecule is CN1N[C@@H]2CCC[C@@H]2NC(NCC#Cc2ccccc2)=C(C(N)=Nc2ccccc2)C1=O. The van der Waals surface area contributed by atoms with Crippen molar-refractivity contribution >= 4 is 17.4 Å². The number of benzene rings is 2. The first kappa shape index (κ1) is 21.5. The van der Waals surface area contributed by atoms with Gasteiger partial charge in [-0.15, -0.1) is 0 Å². The van der Waals surface area contributed by atoms with Crippen molar-refractivity contribution in [1.82, 2.24) is 21.1 Å². The molecule has 1 heterocycles. The van der Waals surface area contributed by atoms with E-state index in [9.17, 15) is 4.79 Å². The van der Waals surface area contributed by atoms with E-state index in [4.69, 9.17) is 5.73 Å². The Kier molecular flexibility index (Phi) is 6.73. The van der Waals surface area contributed by atoms with Crippen molar-refractivity contribution in [3.05, 3.63) is 77.6 Å². The summed E-state index contributed by atoms with van der Waals surface area (Å²) in [5.41, 5.74) is 11.6. The minimum absolute atomic E-state index is 0.150. The van der Waals surface area contributed by atoms with Crippen LogP contribution in [0.4, 0.5) is 5.69 Å². The van der Waals surface area contributed by atoms with Crippen molar-refractivity contribution < 1.29 is 4.79 Å². The van der Waals surface area contributed by atoms with Crippen LogP contribution in [0.1, 0.15) is 24.8 Å². The molecule has 0 unspecified atom stereocenters. The monoisotopic (exact) mass is 428 g/mol. The number of carbonyl (C=O) groups excluding carboxylic acids is 1. The standard InChI is InChI=1S/C25H28N6O/c1-31-25(32)22(23(26)28-19-13-6-3-7-14-19)24(29-20-15-8-16-21(20)30-31)27-17-9-12-18-10-4-2-5-11-18/h2-7,10-11,13-14,20-21,27,29-30H,8,15-17H2,1H3,(H2,26,28)/t20-,21+/m0/s1. The molecule has 7 nitrogen and oxygen atoms in total. The van der Waals surface area contributed by atoms with Crippen molar-refractivity contribution in [2.45, 2.75) is 31.3 Å². The normalized spacial score (nSPS) is 21.1. The zero-order chi connectivity index (χ0) is 22.3. The van der Waals surface area contributed by atoms with Gasteiger partial charge in [0.05, 0.1) is 12.2 Å². The number of hydrazine groups is 1. The Morgan fingerprint density at radius 1 is 1.12 bits per heavy atom. The molecule has 1 aliphatic carbocycles. The number of fused-ring (bicyclic) bond motifs is 1. The van der Waals surface area contributed by atoms with Crippen LogP contribution in [0, 0.1) is 11.8 Å². The molecule has 0 bridgehead atoms. The van der Waals surface area contributed by atoms with Crippen molar-refractivity contribution in [1.29, 1.82) is 0 Å². The maximum atomic E-state index is 13.3. The van der Waals surface area contributed by atoms with Gasteiger partial charge in [-0.2, -0.15) is 0 Å². The fourth-order valence-electron chi connectivity index (χ4n) is 4.00. The topological polar surface area (TPSA) is 94.8 Å². The lowest BCUT2D eigenvalue weighted by Crippen LogP contribution is -2.57. The van der Waals surface area contributed by atoms with Crippen LogP contribution in [0.3, 0.4) is 0 Å². The number of amidine groups is 1. The average molecular weight is 429 g/mol. The molecule has 1 saturated carbocycles. The number of aliphatic imine (C=N–C) groups is 1. The predicted octanol–water partition coefficient (Wildman–Crippen LogP) is 2.02. The van der Waals surface area contributed by atoms with Crippen LogP contribution in [-0.2, 0) is 4.79 Å². The Labute approximate surface area is 188 Å². The van der Waals surface area contributed by atoms with Gasteiger partial charge < -0.3 is 16.4 Å². The lowest BCUT2D eigenvalue weighted by atomic mass is 10.1. The molecule has 164 valence electrons. The van der Waals surface area contributed by atoms with Gasteiger partial charge in [0.2, 0.25) is 0 Å². The van der Waals surface area contributed by atoms with Gasteiger partial charge >= 0.3 is 0 Å². The summed E-state index contributed by atoms with van der Waals surface area (Å²) in [4.78, 5) is 17.8. The lowest BCUT2D eigenvalue weighted by molar-refractivity contribution is -0.129. The molecule has 1 amide bonds. The van der Waals surface area contributed by atoms with E-state index in [0.717, 1.165) is 24.8 Å². The number of para-hydroxylation sites is 1. The van der Waals surface area contributed by atoms with Crippen LogP contribution >= 0.6 is 0 Å². The zero-order valence-corrected chi connectivity index (χ0v) is 18.1. The second kappa shape index (κ2) is 10.0. The van der Waals surface area contributed by atoms with Crippen LogP contribution in [-0.4, -0.2) is 42.4 Å². The van der Waals surface area contributed by atoms with Crippen LogP contribution < -0.4 is 21.8 Å². The van der Waals surface area contributed by atoms with E-state index in [1.807, 2.05) is 60.7 Å². The molecule has 2 aromatic carbocycles. The molecular formula is C25H28N6O. The summed E-state index contributed by atoms with van der Waals surface area (Å²) >= 11 is 0. The highest BCUT2D eigenvalue weighted by Crippen LogP contribution is 2.23. The average Bonchev–Trinajstić information content (AvgIpc) is 3.23. The number of likely N-dealkylation sites (N-methyl/N-ethyl adjacent to an activating group) is 1. The number of hydrogen-bond donors (Lipinski definition) is 4. The van der Waals surface area contributed by atoms with Crippen LogP contribution in [0.5, 0.6) is 0 Å². The van der Waals surface area contributed by atoms with Crippen molar-refractivity contribution in [3.8, 4) is 11.8 Å². The van der Waals surface area contributed by atoms with Gasteiger partial charge in [0.15, 0.2) is 0 Å². The second-order valence-electron chi connectivity index (χ2n) is 7.89. The van der Waals surface area contributed by atoms with Gasteiger partial charge in [-0.25, -0.2) is 10.4 Å². The molecule has 4 rings (SSSR count). The number of amides is 1. The minimum atomic E-state index is -0.251. The quantitative estimate of drug-likeness (QED) is 0.340. The minimum Gasteiger partial charge on any atom is -0.383 e. The Balaban J connectivity index is 1.66.